The highest BCUT2D eigenvalue weighted by molar-refractivity contribution is 6.28. The summed E-state index contributed by atoms with van der Waals surface area (Å²) in [5.41, 5.74) is 14.8. The van der Waals surface area contributed by atoms with Crippen LogP contribution in [0.15, 0.2) is 182 Å². The van der Waals surface area contributed by atoms with Crippen molar-refractivity contribution in [2.75, 3.05) is 0 Å². The van der Waals surface area contributed by atoms with E-state index in [-0.39, 0.29) is 5.41 Å². The minimum atomic E-state index is 0.0629. The topological polar surface area (TPSA) is 9.86 Å². The van der Waals surface area contributed by atoms with E-state index in [4.69, 9.17) is 0 Å². The molecule has 59 heavy (non-hydrogen) atoms. The van der Waals surface area contributed by atoms with Gasteiger partial charge >= 0.3 is 0 Å². The van der Waals surface area contributed by atoms with Gasteiger partial charge in [-0.2, -0.15) is 0 Å². The third-order valence-corrected chi connectivity index (χ3v) is 12.9. The van der Waals surface area contributed by atoms with Crippen LogP contribution < -0.4 is 0 Å². The molecular formula is C57H42N2. The van der Waals surface area contributed by atoms with Crippen LogP contribution in [-0.2, 0) is 5.41 Å². The average molecular weight is 755 g/mol. The Labute approximate surface area is 343 Å². The quantitative estimate of drug-likeness (QED) is 0.158. The Balaban J connectivity index is 1.07. The van der Waals surface area contributed by atoms with Gasteiger partial charge in [-0.15, -0.1) is 0 Å². The van der Waals surface area contributed by atoms with Gasteiger partial charge in [0.2, 0.25) is 0 Å². The van der Waals surface area contributed by atoms with Crippen LogP contribution in [0.4, 0.5) is 0 Å². The number of aryl methyl sites for hydroxylation is 1. The first kappa shape index (κ1) is 33.9. The SMILES string of the molecule is Cc1ccc(-c2cc(-c3ccc(-n4c5ccccc5c5ccc(-n6c7ccccc7c7ccccc76)cc54)cc3)c3ccc4cc(C(C)(C)C)cc5ccc2c3c54)cc1. The summed E-state index contributed by atoms with van der Waals surface area (Å²) in [6, 6.07) is 68.2. The molecule has 280 valence electrons. The first-order valence-corrected chi connectivity index (χ1v) is 20.8. The van der Waals surface area contributed by atoms with Gasteiger partial charge in [-0.25, -0.2) is 0 Å². The van der Waals surface area contributed by atoms with E-state index in [0.717, 1.165) is 11.4 Å². The van der Waals surface area contributed by atoms with E-state index in [1.165, 1.54) is 109 Å². The van der Waals surface area contributed by atoms with Crippen molar-refractivity contribution in [1.82, 2.24) is 9.13 Å². The van der Waals surface area contributed by atoms with Crippen LogP contribution >= 0.6 is 0 Å². The van der Waals surface area contributed by atoms with Crippen molar-refractivity contribution in [1.29, 1.82) is 0 Å². The van der Waals surface area contributed by atoms with E-state index < -0.39 is 0 Å². The number of aromatic nitrogens is 2. The average Bonchev–Trinajstić information content (AvgIpc) is 3.78. The molecule has 0 unspecified atom stereocenters. The van der Waals surface area contributed by atoms with Gasteiger partial charge in [-0.05, 0) is 121 Å². The summed E-state index contributed by atoms with van der Waals surface area (Å²) in [5, 5.41) is 12.9. The number of hydrogen-bond donors (Lipinski definition) is 0. The van der Waals surface area contributed by atoms with E-state index >= 15 is 0 Å². The summed E-state index contributed by atoms with van der Waals surface area (Å²) in [5.74, 6) is 0. The number of rotatable bonds is 4. The number of benzene rings is 10. The molecule has 0 amide bonds. The summed E-state index contributed by atoms with van der Waals surface area (Å²) in [6.07, 6.45) is 0. The summed E-state index contributed by atoms with van der Waals surface area (Å²) in [6.45, 7) is 9.08. The zero-order valence-corrected chi connectivity index (χ0v) is 33.7. The summed E-state index contributed by atoms with van der Waals surface area (Å²) >= 11 is 0. The minimum absolute atomic E-state index is 0.0629. The molecule has 10 aromatic carbocycles. The molecular weight excluding hydrogens is 713 g/mol. The van der Waals surface area contributed by atoms with Gasteiger partial charge in [0.1, 0.15) is 0 Å². The molecule has 2 aromatic heterocycles. The molecule has 0 spiro atoms. The Hall–Kier alpha value is -7.16. The van der Waals surface area contributed by atoms with Crippen molar-refractivity contribution >= 4 is 75.9 Å². The van der Waals surface area contributed by atoms with Crippen molar-refractivity contribution in [2.45, 2.75) is 33.1 Å². The van der Waals surface area contributed by atoms with Gasteiger partial charge in [0, 0.05) is 32.9 Å². The van der Waals surface area contributed by atoms with Crippen molar-refractivity contribution in [3.8, 4) is 33.6 Å². The van der Waals surface area contributed by atoms with Crippen LogP contribution in [0.5, 0.6) is 0 Å². The van der Waals surface area contributed by atoms with Crippen molar-refractivity contribution in [2.24, 2.45) is 0 Å². The highest BCUT2D eigenvalue weighted by Gasteiger charge is 2.21. The van der Waals surface area contributed by atoms with Crippen molar-refractivity contribution < 1.29 is 0 Å². The lowest BCUT2D eigenvalue weighted by Gasteiger charge is -2.23. The molecule has 2 nitrogen and oxygen atoms in total. The lowest BCUT2D eigenvalue weighted by molar-refractivity contribution is 0.591. The van der Waals surface area contributed by atoms with E-state index in [9.17, 15) is 0 Å². The smallest absolute Gasteiger partial charge is 0.0561 e. The maximum absolute atomic E-state index is 2.44. The Kier molecular flexibility index (Phi) is 7.14. The van der Waals surface area contributed by atoms with Gasteiger partial charge in [-0.3, -0.25) is 0 Å². The van der Waals surface area contributed by atoms with Crippen molar-refractivity contribution in [3.63, 3.8) is 0 Å². The molecule has 12 rings (SSSR count). The molecule has 0 fully saturated rings. The molecule has 0 atom stereocenters. The fourth-order valence-electron chi connectivity index (χ4n) is 9.93. The molecule has 2 heteroatoms. The molecule has 2 heterocycles. The second-order valence-electron chi connectivity index (χ2n) is 17.5. The first-order valence-electron chi connectivity index (χ1n) is 20.8. The molecule has 0 saturated carbocycles. The second kappa shape index (κ2) is 12.4. The van der Waals surface area contributed by atoms with Gasteiger partial charge in [0.25, 0.3) is 0 Å². The lowest BCUT2D eigenvalue weighted by Crippen LogP contribution is -2.10. The third-order valence-electron chi connectivity index (χ3n) is 12.9. The third kappa shape index (κ3) is 5.06. The highest BCUT2D eigenvalue weighted by atomic mass is 15.0. The van der Waals surface area contributed by atoms with Gasteiger partial charge in [-0.1, -0.05) is 160 Å². The molecule has 0 aliphatic carbocycles. The maximum Gasteiger partial charge on any atom is 0.0561 e. The van der Waals surface area contributed by atoms with Crippen LogP contribution in [0.2, 0.25) is 0 Å². The molecule has 0 radical (unpaired) electrons. The molecule has 0 bridgehead atoms. The summed E-state index contributed by atoms with van der Waals surface area (Å²) in [7, 11) is 0. The zero-order chi connectivity index (χ0) is 39.6. The molecule has 0 aliphatic heterocycles. The van der Waals surface area contributed by atoms with Crippen LogP contribution in [0.3, 0.4) is 0 Å². The zero-order valence-electron chi connectivity index (χ0n) is 33.7. The number of fused-ring (bicyclic) bond motifs is 6. The largest absolute Gasteiger partial charge is 0.309 e. The van der Waals surface area contributed by atoms with E-state index in [1.807, 2.05) is 0 Å². The standard InChI is InChI=1S/C57H42N2/c1-35-17-19-36(20-18-35)49-34-50(48-29-24-39-32-40(57(2,3)4)31-38-23-28-47(49)56(48)55(38)39)37-21-25-41(26-22-37)58-51-14-8-7-13-45(51)46-30-27-42(33-54(46)58)59-52-15-9-5-11-43(52)44-12-6-10-16-53(44)59/h5-34H,1-4H3. The molecule has 0 N–H and O–H groups in total. The fourth-order valence-corrected chi connectivity index (χ4v) is 9.93. The van der Waals surface area contributed by atoms with Crippen molar-refractivity contribution in [3.05, 3.63) is 193 Å². The Morgan fingerprint density at radius 3 is 1.32 bits per heavy atom. The number of hydrogen-bond acceptors (Lipinski definition) is 0. The van der Waals surface area contributed by atoms with Gasteiger partial charge < -0.3 is 9.13 Å². The first-order chi connectivity index (χ1) is 28.8. The fraction of sp³-hybridized carbons (Fsp3) is 0.0877. The Morgan fingerprint density at radius 2 is 0.797 bits per heavy atom. The lowest BCUT2D eigenvalue weighted by atomic mass is 9.81. The predicted molar refractivity (Wildman–Crippen MR) is 253 cm³/mol. The maximum atomic E-state index is 2.44. The van der Waals surface area contributed by atoms with E-state index in [1.54, 1.807) is 0 Å². The van der Waals surface area contributed by atoms with Crippen LogP contribution in [-0.4, -0.2) is 9.13 Å². The van der Waals surface area contributed by atoms with Crippen LogP contribution in [0, 0.1) is 6.92 Å². The molecule has 0 saturated heterocycles. The van der Waals surface area contributed by atoms with Gasteiger partial charge in [0.15, 0.2) is 0 Å². The second-order valence-corrected chi connectivity index (χ2v) is 17.5. The molecule has 12 aromatic rings. The van der Waals surface area contributed by atoms with E-state index in [2.05, 4.69) is 219 Å². The predicted octanol–water partition coefficient (Wildman–Crippen LogP) is 15.7. The van der Waals surface area contributed by atoms with Gasteiger partial charge in [0.05, 0.1) is 22.1 Å². The highest BCUT2D eigenvalue weighted by Crippen LogP contribution is 2.46. The minimum Gasteiger partial charge on any atom is -0.309 e. The summed E-state index contributed by atoms with van der Waals surface area (Å²) < 4.78 is 4.86. The number of nitrogens with zero attached hydrogens (tertiary/aromatic N) is 2. The Bertz CT molecular complexity index is 3550. The summed E-state index contributed by atoms with van der Waals surface area (Å²) in [4.78, 5) is 0. The van der Waals surface area contributed by atoms with Crippen LogP contribution in [0.25, 0.3) is 110 Å². The Morgan fingerprint density at radius 1 is 0.356 bits per heavy atom. The van der Waals surface area contributed by atoms with E-state index in [0.29, 0.717) is 0 Å². The monoisotopic (exact) mass is 754 g/mol. The molecule has 0 aliphatic rings. The van der Waals surface area contributed by atoms with Crippen LogP contribution in [0.1, 0.15) is 31.9 Å². The number of para-hydroxylation sites is 3. The normalized spacial score (nSPS) is 12.4.